The van der Waals surface area contributed by atoms with Gasteiger partial charge in [0, 0.05) is 29.3 Å². The number of thiocarbonyl (C=S) groups is 1. The molecule has 2 aromatic heterocycles. The van der Waals surface area contributed by atoms with Gasteiger partial charge < -0.3 is 14.8 Å². The second-order valence-corrected chi connectivity index (χ2v) is 8.29. The van der Waals surface area contributed by atoms with Crippen LogP contribution in [0.25, 0.3) is 0 Å². The number of benzene rings is 1. The van der Waals surface area contributed by atoms with Crippen LogP contribution in [0.15, 0.2) is 54.7 Å². The largest absolute Gasteiger partial charge is 0.351 e. The van der Waals surface area contributed by atoms with Crippen molar-refractivity contribution in [3.8, 4) is 0 Å². The minimum Gasteiger partial charge on any atom is -0.351 e. The standard InChI is InChI=1S/C23H23FN4S/c1-14-13-19(15(2)27(14)17-10-11-17)22-21(20-5-3-4-12-25-20)26-23(29)28(22)18-8-6-16(24)7-9-18/h3-9,12-13,17,21-22H,10-11H2,1-2H3,(H,26,29)/t21-,22+/m1/s1. The molecule has 2 fully saturated rings. The van der Waals surface area contributed by atoms with Gasteiger partial charge in [-0.2, -0.15) is 0 Å². The zero-order valence-electron chi connectivity index (χ0n) is 16.5. The molecule has 3 heterocycles. The predicted octanol–water partition coefficient (Wildman–Crippen LogP) is 5.15. The molecule has 1 N–H and O–H groups in total. The average Bonchev–Trinajstić information content (AvgIpc) is 3.43. The highest BCUT2D eigenvalue weighted by Gasteiger charge is 2.42. The van der Waals surface area contributed by atoms with Crippen molar-refractivity contribution in [1.82, 2.24) is 14.9 Å². The number of aryl methyl sites for hydroxylation is 1. The number of rotatable bonds is 4. The van der Waals surface area contributed by atoms with E-state index in [1.54, 1.807) is 12.1 Å². The molecule has 1 saturated heterocycles. The molecule has 0 spiro atoms. The van der Waals surface area contributed by atoms with Gasteiger partial charge in [0.25, 0.3) is 0 Å². The first-order valence-electron chi connectivity index (χ1n) is 9.99. The lowest BCUT2D eigenvalue weighted by molar-refractivity contribution is 0.562. The van der Waals surface area contributed by atoms with Gasteiger partial charge in [-0.25, -0.2) is 4.39 Å². The first kappa shape index (κ1) is 18.3. The van der Waals surface area contributed by atoms with Gasteiger partial charge in [-0.15, -0.1) is 0 Å². The number of nitrogens with zero attached hydrogens (tertiary/aromatic N) is 3. The molecule has 0 unspecified atom stereocenters. The number of nitrogens with one attached hydrogen (secondary N) is 1. The lowest BCUT2D eigenvalue weighted by atomic mass is 9.96. The smallest absolute Gasteiger partial charge is 0.174 e. The van der Waals surface area contributed by atoms with Gasteiger partial charge in [-0.05, 0) is 86.9 Å². The molecule has 0 amide bonds. The Morgan fingerprint density at radius 2 is 1.86 bits per heavy atom. The highest BCUT2D eigenvalue weighted by atomic mass is 32.1. The van der Waals surface area contributed by atoms with Crippen LogP contribution in [-0.2, 0) is 0 Å². The first-order chi connectivity index (χ1) is 14.0. The van der Waals surface area contributed by atoms with Crippen LogP contribution < -0.4 is 10.2 Å². The van der Waals surface area contributed by atoms with Crippen LogP contribution in [0.1, 0.15) is 53.6 Å². The van der Waals surface area contributed by atoms with E-state index in [0.717, 1.165) is 11.4 Å². The summed E-state index contributed by atoms with van der Waals surface area (Å²) in [4.78, 5) is 6.71. The van der Waals surface area contributed by atoms with Gasteiger partial charge in [-0.1, -0.05) is 6.07 Å². The lowest BCUT2D eigenvalue weighted by Gasteiger charge is -2.28. The van der Waals surface area contributed by atoms with Crippen LogP contribution in [-0.4, -0.2) is 14.7 Å². The predicted molar refractivity (Wildman–Crippen MR) is 117 cm³/mol. The molecule has 148 valence electrons. The van der Waals surface area contributed by atoms with Crippen molar-refractivity contribution in [3.05, 3.63) is 83.2 Å². The average molecular weight is 407 g/mol. The van der Waals surface area contributed by atoms with Crippen LogP contribution in [0.4, 0.5) is 10.1 Å². The molecule has 6 heteroatoms. The van der Waals surface area contributed by atoms with Gasteiger partial charge in [-0.3, -0.25) is 4.98 Å². The van der Waals surface area contributed by atoms with Gasteiger partial charge in [0.05, 0.1) is 17.8 Å². The molecule has 1 aliphatic heterocycles. The summed E-state index contributed by atoms with van der Waals surface area (Å²) in [5.74, 6) is -0.253. The van der Waals surface area contributed by atoms with Crippen molar-refractivity contribution in [1.29, 1.82) is 0 Å². The second kappa shape index (κ2) is 6.95. The van der Waals surface area contributed by atoms with Crippen LogP contribution in [0.2, 0.25) is 0 Å². The molecule has 2 aliphatic rings. The Bertz CT molecular complexity index is 1060. The molecular formula is C23H23FN4S. The Morgan fingerprint density at radius 3 is 2.52 bits per heavy atom. The third-order valence-electron chi connectivity index (χ3n) is 5.96. The fraction of sp³-hybridized carbons (Fsp3) is 0.304. The van der Waals surface area contributed by atoms with Crippen LogP contribution in [0.3, 0.4) is 0 Å². The van der Waals surface area contributed by atoms with Crippen molar-refractivity contribution in [2.45, 2.75) is 44.8 Å². The minimum atomic E-state index is -0.253. The zero-order chi connectivity index (χ0) is 20.1. The van der Waals surface area contributed by atoms with Crippen LogP contribution >= 0.6 is 12.2 Å². The normalized spacial score (nSPS) is 21.5. The first-order valence-corrected chi connectivity index (χ1v) is 10.4. The van der Waals surface area contributed by atoms with Crippen molar-refractivity contribution in [2.75, 3.05) is 4.90 Å². The van der Waals surface area contributed by atoms with Crippen LogP contribution in [0.5, 0.6) is 0 Å². The Hall–Kier alpha value is -2.73. The van der Waals surface area contributed by atoms with E-state index in [1.165, 1.54) is 41.9 Å². The van der Waals surface area contributed by atoms with E-state index in [9.17, 15) is 4.39 Å². The number of pyridine rings is 1. The summed E-state index contributed by atoms with van der Waals surface area (Å²) in [6.07, 6.45) is 4.29. The van der Waals surface area contributed by atoms with E-state index in [-0.39, 0.29) is 17.9 Å². The van der Waals surface area contributed by atoms with Gasteiger partial charge >= 0.3 is 0 Å². The summed E-state index contributed by atoms with van der Waals surface area (Å²) in [6, 6.07) is 15.2. The molecular weight excluding hydrogens is 383 g/mol. The maximum Gasteiger partial charge on any atom is 0.174 e. The van der Waals surface area contributed by atoms with Gasteiger partial charge in [0.15, 0.2) is 5.11 Å². The monoisotopic (exact) mass is 406 g/mol. The lowest BCUT2D eigenvalue weighted by Crippen LogP contribution is -2.29. The van der Waals surface area contributed by atoms with Crippen molar-refractivity contribution in [3.63, 3.8) is 0 Å². The Morgan fingerprint density at radius 1 is 1.10 bits per heavy atom. The zero-order valence-corrected chi connectivity index (χ0v) is 17.3. The van der Waals surface area contributed by atoms with E-state index in [1.807, 2.05) is 24.4 Å². The Kier molecular flexibility index (Phi) is 4.39. The van der Waals surface area contributed by atoms with E-state index in [2.05, 4.69) is 39.7 Å². The molecule has 0 bridgehead atoms. The maximum atomic E-state index is 13.6. The van der Waals surface area contributed by atoms with Crippen molar-refractivity contribution < 1.29 is 4.39 Å². The summed E-state index contributed by atoms with van der Waals surface area (Å²) in [5.41, 5.74) is 5.61. The summed E-state index contributed by atoms with van der Waals surface area (Å²) >= 11 is 5.74. The third-order valence-corrected chi connectivity index (χ3v) is 6.27. The quantitative estimate of drug-likeness (QED) is 0.608. The molecule has 29 heavy (non-hydrogen) atoms. The maximum absolute atomic E-state index is 13.6. The second-order valence-electron chi connectivity index (χ2n) is 7.90. The topological polar surface area (TPSA) is 33.1 Å². The minimum absolute atomic E-state index is 0.0541. The van der Waals surface area contributed by atoms with E-state index < -0.39 is 0 Å². The molecule has 1 saturated carbocycles. The van der Waals surface area contributed by atoms with Crippen molar-refractivity contribution in [2.24, 2.45) is 0 Å². The number of halogens is 1. The molecule has 4 nitrogen and oxygen atoms in total. The number of aromatic nitrogens is 2. The Labute approximate surface area is 175 Å². The van der Waals surface area contributed by atoms with E-state index in [0.29, 0.717) is 11.2 Å². The summed E-state index contributed by atoms with van der Waals surface area (Å²) < 4.78 is 16.0. The summed E-state index contributed by atoms with van der Waals surface area (Å²) in [6.45, 7) is 4.37. The van der Waals surface area contributed by atoms with Gasteiger partial charge in [0.2, 0.25) is 0 Å². The molecule has 2 atom stereocenters. The molecule has 5 rings (SSSR count). The molecule has 3 aromatic rings. The molecule has 1 aromatic carbocycles. The highest BCUT2D eigenvalue weighted by Crippen LogP contribution is 2.46. The fourth-order valence-electron chi connectivity index (χ4n) is 4.55. The van der Waals surface area contributed by atoms with E-state index >= 15 is 0 Å². The Balaban J connectivity index is 1.66. The molecule has 1 aliphatic carbocycles. The number of anilines is 1. The van der Waals surface area contributed by atoms with Crippen molar-refractivity contribution >= 4 is 23.0 Å². The van der Waals surface area contributed by atoms with Gasteiger partial charge in [0.1, 0.15) is 5.82 Å². The van der Waals surface area contributed by atoms with Crippen LogP contribution in [0, 0.1) is 19.7 Å². The molecule has 0 radical (unpaired) electrons. The summed E-state index contributed by atoms with van der Waals surface area (Å²) in [5, 5.41) is 4.11. The number of hydrogen-bond donors (Lipinski definition) is 1. The SMILES string of the molecule is Cc1cc([C@H]2[C@@H](c3ccccn3)NC(=S)N2c2ccc(F)cc2)c(C)n1C1CC1. The highest BCUT2D eigenvalue weighted by molar-refractivity contribution is 7.80. The third kappa shape index (κ3) is 3.12. The fourth-order valence-corrected chi connectivity index (χ4v) is 4.89. The van der Waals surface area contributed by atoms with E-state index in [4.69, 9.17) is 12.2 Å². The summed E-state index contributed by atoms with van der Waals surface area (Å²) in [7, 11) is 0. The number of hydrogen-bond acceptors (Lipinski definition) is 2.